The maximum Gasteiger partial charge on any atom is 0.320 e. The summed E-state index contributed by atoms with van der Waals surface area (Å²) in [6.07, 6.45) is 3.20. The first-order chi connectivity index (χ1) is 9.17. The number of rotatable bonds is 4. The molecule has 6 heteroatoms. The largest absolute Gasteiger partial charge is 0.360 e. The number of likely N-dealkylation sites (tertiary alicyclic amines) is 1. The number of hydrogen-bond donors (Lipinski definition) is 2. The summed E-state index contributed by atoms with van der Waals surface area (Å²) in [6.45, 7) is 7.25. The van der Waals surface area contributed by atoms with Crippen LogP contribution in [0.5, 0.6) is 0 Å². The number of carbonyl (C=O) groups excluding carboxylic acids is 1. The van der Waals surface area contributed by atoms with E-state index in [2.05, 4.69) is 27.6 Å². The van der Waals surface area contributed by atoms with Crippen LogP contribution in [0.2, 0.25) is 0 Å². The summed E-state index contributed by atoms with van der Waals surface area (Å²) in [6, 6.07) is 1.74. The van der Waals surface area contributed by atoms with Crippen LogP contribution < -0.4 is 10.6 Å². The van der Waals surface area contributed by atoms with Crippen LogP contribution in [0.3, 0.4) is 0 Å². The van der Waals surface area contributed by atoms with Gasteiger partial charge in [0.25, 0.3) is 0 Å². The van der Waals surface area contributed by atoms with Crippen molar-refractivity contribution in [3.63, 3.8) is 0 Å². The molecule has 0 spiro atoms. The van der Waals surface area contributed by atoms with Crippen molar-refractivity contribution >= 4 is 11.8 Å². The summed E-state index contributed by atoms with van der Waals surface area (Å²) in [5, 5.41) is 9.39. The molecule has 0 aliphatic carbocycles. The number of aryl methyl sites for hydroxylation is 1. The Morgan fingerprint density at radius 3 is 2.84 bits per heavy atom. The first-order valence-corrected chi connectivity index (χ1v) is 6.90. The second-order valence-electron chi connectivity index (χ2n) is 5.04. The smallest absolute Gasteiger partial charge is 0.320 e. The number of urea groups is 1. The molecular weight excluding hydrogens is 244 g/mol. The van der Waals surface area contributed by atoms with Crippen LogP contribution in [0.1, 0.15) is 31.9 Å². The Bertz CT molecular complexity index is 411. The van der Waals surface area contributed by atoms with E-state index < -0.39 is 0 Å². The molecular formula is C13H22N4O2. The molecule has 0 bridgehead atoms. The first-order valence-electron chi connectivity index (χ1n) is 6.90. The second-order valence-corrected chi connectivity index (χ2v) is 5.04. The number of amides is 2. The number of piperidine rings is 1. The van der Waals surface area contributed by atoms with Crippen molar-refractivity contribution in [1.29, 1.82) is 0 Å². The average molecular weight is 266 g/mol. The second kappa shape index (κ2) is 6.56. The molecule has 0 aromatic carbocycles. The minimum Gasteiger partial charge on any atom is -0.360 e. The van der Waals surface area contributed by atoms with Gasteiger partial charge < -0.3 is 14.7 Å². The van der Waals surface area contributed by atoms with E-state index in [1.165, 1.54) is 6.42 Å². The number of anilines is 1. The summed E-state index contributed by atoms with van der Waals surface area (Å²) in [7, 11) is 0. The van der Waals surface area contributed by atoms with Crippen molar-refractivity contribution in [2.45, 2.75) is 39.2 Å². The SMILES string of the molecule is CCCN1CCC(NC(=O)Nc2cc(C)on2)CC1. The molecule has 2 amide bonds. The zero-order chi connectivity index (χ0) is 13.7. The lowest BCUT2D eigenvalue weighted by Crippen LogP contribution is -2.46. The maximum atomic E-state index is 11.8. The molecule has 6 nitrogen and oxygen atoms in total. The lowest BCUT2D eigenvalue weighted by atomic mass is 10.1. The minimum absolute atomic E-state index is 0.206. The van der Waals surface area contributed by atoms with E-state index in [-0.39, 0.29) is 12.1 Å². The fraction of sp³-hybridized carbons (Fsp3) is 0.692. The predicted octanol–water partition coefficient (Wildman–Crippen LogP) is 1.98. The Hall–Kier alpha value is -1.56. The van der Waals surface area contributed by atoms with Gasteiger partial charge in [0.2, 0.25) is 0 Å². The molecule has 1 aliphatic rings. The molecule has 1 aliphatic heterocycles. The molecule has 0 radical (unpaired) electrons. The highest BCUT2D eigenvalue weighted by Gasteiger charge is 2.20. The summed E-state index contributed by atoms with van der Waals surface area (Å²) >= 11 is 0. The quantitative estimate of drug-likeness (QED) is 0.874. The maximum absolute atomic E-state index is 11.8. The summed E-state index contributed by atoms with van der Waals surface area (Å²) < 4.78 is 4.90. The number of aromatic nitrogens is 1. The van der Waals surface area contributed by atoms with Crippen LogP contribution in [-0.4, -0.2) is 41.8 Å². The van der Waals surface area contributed by atoms with Crippen molar-refractivity contribution in [3.8, 4) is 0 Å². The Morgan fingerprint density at radius 1 is 1.53 bits per heavy atom. The highest BCUT2D eigenvalue weighted by atomic mass is 16.5. The molecule has 0 saturated carbocycles. The van der Waals surface area contributed by atoms with E-state index in [9.17, 15) is 4.79 Å². The zero-order valence-electron chi connectivity index (χ0n) is 11.6. The van der Waals surface area contributed by atoms with Gasteiger partial charge in [0, 0.05) is 25.2 Å². The molecule has 1 aromatic heterocycles. The molecule has 1 fully saturated rings. The van der Waals surface area contributed by atoms with Gasteiger partial charge in [-0.15, -0.1) is 0 Å². The molecule has 19 heavy (non-hydrogen) atoms. The third-order valence-electron chi connectivity index (χ3n) is 3.33. The van der Waals surface area contributed by atoms with Crippen LogP contribution >= 0.6 is 0 Å². The Kier molecular flexibility index (Phi) is 4.79. The van der Waals surface area contributed by atoms with Crippen LogP contribution in [0.25, 0.3) is 0 Å². The van der Waals surface area contributed by atoms with E-state index in [1.54, 1.807) is 13.0 Å². The molecule has 0 unspecified atom stereocenters. The Balaban J connectivity index is 1.71. The fourth-order valence-electron chi connectivity index (χ4n) is 2.38. The monoisotopic (exact) mass is 266 g/mol. The van der Waals surface area contributed by atoms with E-state index >= 15 is 0 Å². The molecule has 106 valence electrons. The average Bonchev–Trinajstić information content (AvgIpc) is 2.77. The highest BCUT2D eigenvalue weighted by molar-refractivity contribution is 5.88. The Morgan fingerprint density at radius 2 is 2.26 bits per heavy atom. The van der Waals surface area contributed by atoms with Crippen LogP contribution in [0, 0.1) is 6.92 Å². The van der Waals surface area contributed by atoms with Crippen molar-refractivity contribution in [1.82, 2.24) is 15.4 Å². The number of nitrogens with zero attached hydrogens (tertiary/aromatic N) is 2. The van der Waals surface area contributed by atoms with Crippen LogP contribution in [-0.2, 0) is 0 Å². The first kappa shape index (κ1) is 13.9. The number of nitrogens with one attached hydrogen (secondary N) is 2. The summed E-state index contributed by atoms with van der Waals surface area (Å²) in [5.74, 6) is 1.14. The van der Waals surface area contributed by atoms with Crippen molar-refractivity contribution in [2.75, 3.05) is 25.0 Å². The third kappa shape index (κ3) is 4.24. The molecule has 2 N–H and O–H groups in total. The van der Waals surface area contributed by atoms with Gasteiger partial charge in [-0.05, 0) is 32.7 Å². The van der Waals surface area contributed by atoms with E-state index in [0.717, 1.165) is 32.5 Å². The number of hydrogen-bond acceptors (Lipinski definition) is 4. The Labute approximate surface area is 113 Å². The van der Waals surface area contributed by atoms with Gasteiger partial charge in [0.1, 0.15) is 5.76 Å². The topological polar surface area (TPSA) is 70.4 Å². The molecule has 1 aromatic rings. The van der Waals surface area contributed by atoms with E-state index in [4.69, 9.17) is 4.52 Å². The van der Waals surface area contributed by atoms with Gasteiger partial charge in [-0.2, -0.15) is 0 Å². The van der Waals surface area contributed by atoms with E-state index in [0.29, 0.717) is 11.6 Å². The lowest BCUT2D eigenvalue weighted by Gasteiger charge is -2.31. The van der Waals surface area contributed by atoms with Crippen LogP contribution in [0.4, 0.5) is 10.6 Å². The minimum atomic E-state index is -0.206. The van der Waals surface area contributed by atoms with Crippen molar-refractivity contribution in [2.24, 2.45) is 0 Å². The van der Waals surface area contributed by atoms with E-state index in [1.807, 2.05) is 0 Å². The number of carbonyl (C=O) groups is 1. The van der Waals surface area contributed by atoms with Gasteiger partial charge in [-0.25, -0.2) is 4.79 Å². The molecule has 1 saturated heterocycles. The zero-order valence-corrected chi connectivity index (χ0v) is 11.6. The van der Waals surface area contributed by atoms with Gasteiger partial charge >= 0.3 is 6.03 Å². The standard InChI is InChI=1S/C13H22N4O2/c1-3-6-17-7-4-11(5-8-17)14-13(18)15-12-9-10(2)19-16-12/h9,11H,3-8H2,1-2H3,(H2,14,15,16,18). The van der Waals surface area contributed by atoms with Crippen molar-refractivity contribution in [3.05, 3.63) is 11.8 Å². The summed E-state index contributed by atoms with van der Waals surface area (Å²) in [5.41, 5.74) is 0. The van der Waals surface area contributed by atoms with Gasteiger partial charge in [0.05, 0.1) is 0 Å². The third-order valence-corrected chi connectivity index (χ3v) is 3.33. The van der Waals surface area contributed by atoms with Crippen molar-refractivity contribution < 1.29 is 9.32 Å². The lowest BCUT2D eigenvalue weighted by molar-refractivity contribution is 0.196. The fourth-order valence-corrected chi connectivity index (χ4v) is 2.38. The van der Waals surface area contributed by atoms with Gasteiger partial charge in [0.15, 0.2) is 5.82 Å². The molecule has 2 rings (SSSR count). The molecule has 0 atom stereocenters. The summed E-state index contributed by atoms with van der Waals surface area (Å²) in [4.78, 5) is 14.2. The normalized spacial score (nSPS) is 17.4. The van der Waals surface area contributed by atoms with Gasteiger partial charge in [-0.3, -0.25) is 5.32 Å². The van der Waals surface area contributed by atoms with Gasteiger partial charge in [-0.1, -0.05) is 12.1 Å². The molecule has 2 heterocycles. The predicted molar refractivity (Wildman–Crippen MR) is 73.1 cm³/mol. The van der Waals surface area contributed by atoms with Crippen LogP contribution in [0.15, 0.2) is 10.6 Å². The highest BCUT2D eigenvalue weighted by Crippen LogP contribution is 2.11.